The smallest absolute Gasteiger partial charge is 0.0108 e. The van der Waals surface area contributed by atoms with E-state index in [-0.39, 0.29) is 0 Å². The lowest BCUT2D eigenvalue weighted by atomic mass is 9.77. The Hall–Kier alpha value is -3.12. The van der Waals surface area contributed by atoms with Crippen LogP contribution in [-0.2, 0) is 25.7 Å². The Balaban J connectivity index is 1.84. The third-order valence-corrected chi connectivity index (χ3v) is 7.07. The Bertz CT molecular complexity index is 1120. The number of fused-ring (bicyclic) bond motifs is 3. The van der Waals surface area contributed by atoms with Crippen molar-refractivity contribution in [1.82, 2.24) is 0 Å². The summed E-state index contributed by atoms with van der Waals surface area (Å²) in [6.45, 7) is 4.65. The van der Waals surface area contributed by atoms with E-state index in [0.717, 1.165) is 12.8 Å². The largest absolute Gasteiger partial charge is 0.0622 e. The molecule has 0 nitrogen and oxygen atoms in total. The molecule has 0 heterocycles. The van der Waals surface area contributed by atoms with Crippen molar-refractivity contribution in [2.75, 3.05) is 0 Å². The van der Waals surface area contributed by atoms with Crippen LogP contribution in [0.2, 0.25) is 0 Å². The normalized spacial score (nSPS) is 13.1. The molecule has 0 saturated carbocycles. The van der Waals surface area contributed by atoms with Gasteiger partial charge >= 0.3 is 0 Å². The van der Waals surface area contributed by atoms with Gasteiger partial charge in [0.1, 0.15) is 0 Å². The van der Waals surface area contributed by atoms with Crippen LogP contribution in [0.3, 0.4) is 0 Å². The molecule has 0 aliphatic heterocycles. The number of hydrogen-bond acceptors (Lipinski definition) is 0. The van der Waals surface area contributed by atoms with Crippen LogP contribution in [0.4, 0.5) is 0 Å². The van der Waals surface area contributed by atoms with Gasteiger partial charge in [-0.15, -0.1) is 0 Å². The van der Waals surface area contributed by atoms with Gasteiger partial charge in [0.15, 0.2) is 0 Å². The zero-order valence-electron chi connectivity index (χ0n) is 19.3. The molecule has 0 aromatic heterocycles. The second-order valence-corrected chi connectivity index (χ2v) is 8.90. The summed E-state index contributed by atoms with van der Waals surface area (Å²) >= 11 is 0. The fourth-order valence-electron chi connectivity index (χ4n) is 5.57. The lowest BCUT2D eigenvalue weighted by Gasteiger charge is -2.26. The average Bonchev–Trinajstić information content (AvgIpc) is 2.85. The van der Waals surface area contributed by atoms with Gasteiger partial charge in [-0.3, -0.25) is 0 Å². The first-order chi connectivity index (χ1) is 15.8. The molecule has 0 bridgehead atoms. The molecule has 160 valence electrons. The molecule has 0 spiro atoms. The van der Waals surface area contributed by atoms with Gasteiger partial charge in [-0.25, -0.2) is 0 Å². The lowest BCUT2D eigenvalue weighted by molar-refractivity contribution is 0.727. The highest BCUT2D eigenvalue weighted by Crippen LogP contribution is 2.44. The maximum absolute atomic E-state index is 2.42. The van der Waals surface area contributed by atoms with Crippen LogP contribution in [0.5, 0.6) is 0 Å². The summed E-state index contributed by atoms with van der Waals surface area (Å²) in [6.07, 6.45) is 6.98. The van der Waals surface area contributed by atoms with Crippen LogP contribution in [-0.4, -0.2) is 0 Å². The molecule has 4 aromatic rings. The SMILES string of the molecule is CCc1c(-c2ccccc2)ccc2c1-c1c(ccc(-c3ccccc3)c1CC)CCCC2. The molecule has 0 saturated heterocycles. The van der Waals surface area contributed by atoms with Crippen molar-refractivity contribution in [1.29, 1.82) is 0 Å². The zero-order chi connectivity index (χ0) is 21.9. The van der Waals surface area contributed by atoms with Gasteiger partial charge in [-0.05, 0) is 94.2 Å². The molecule has 0 amide bonds. The highest BCUT2D eigenvalue weighted by atomic mass is 14.3. The molecule has 0 atom stereocenters. The molecule has 0 radical (unpaired) electrons. The molecule has 4 aromatic carbocycles. The molecule has 0 N–H and O–H groups in total. The van der Waals surface area contributed by atoms with Crippen molar-refractivity contribution in [2.24, 2.45) is 0 Å². The number of aryl methyl sites for hydroxylation is 2. The number of hydrogen-bond donors (Lipinski definition) is 0. The first kappa shape index (κ1) is 20.8. The van der Waals surface area contributed by atoms with Gasteiger partial charge in [0.2, 0.25) is 0 Å². The van der Waals surface area contributed by atoms with Crippen LogP contribution in [0.1, 0.15) is 48.9 Å². The van der Waals surface area contributed by atoms with Crippen molar-refractivity contribution in [3.8, 4) is 33.4 Å². The quantitative estimate of drug-likeness (QED) is 0.312. The van der Waals surface area contributed by atoms with Crippen LogP contribution in [0, 0.1) is 0 Å². The molecule has 0 fully saturated rings. The molecule has 0 unspecified atom stereocenters. The van der Waals surface area contributed by atoms with Crippen LogP contribution >= 0.6 is 0 Å². The third-order valence-electron chi connectivity index (χ3n) is 7.07. The molecule has 32 heavy (non-hydrogen) atoms. The summed E-state index contributed by atoms with van der Waals surface area (Å²) in [7, 11) is 0. The predicted octanol–water partition coefficient (Wildman–Crippen LogP) is 8.69. The highest BCUT2D eigenvalue weighted by molar-refractivity contribution is 5.88. The topological polar surface area (TPSA) is 0 Å². The first-order valence-corrected chi connectivity index (χ1v) is 12.2. The molecule has 1 aliphatic rings. The first-order valence-electron chi connectivity index (χ1n) is 12.2. The van der Waals surface area contributed by atoms with E-state index in [4.69, 9.17) is 0 Å². The Morgan fingerprint density at radius 2 is 0.906 bits per heavy atom. The second-order valence-electron chi connectivity index (χ2n) is 8.90. The van der Waals surface area contributed by atoms with E-state index in [1.807, 2.05) is 0 Å². The molecule has 0 heteroatoms. The maximum atomic E-state index is 2.42. The van der Waals surface area contributed by atoms with Gasteiger partial charge < -0.3 is 0 Å². The molecule has 5 rings (SSSR count). The highest BCUT2D eigenvalue weighted by Gasteiger charge is 2.23. The van der Waals surface area contributed by atoms with Crippen LogP contribution < -0.4 is 0 Å². The number of rotatable bonds is 4. The maximum Gasteiger partial charge on any atom is -0.0108 e. The van der Waals surface area contributed by atoms with E-state index in [9.17, 15) is 0 Å². The Morgan fingerprint density at radius 3 is 1.28 bits per heavy atom. The van der Waals surface area contributed by atoms with Gasteiger partial charge in [-0.2, -0.15) is 0 Å². The predicted molar refractivity (Wildman–Crippen MR) is 138 cm³/mol. The van der Waals surface area contributed by atoms with Crippen molar-refractivity contribution >= 4 is 0 Å². The minimum atomic E-state index is 1.05. The van der Waals surface area contributed by atoms with Gasteiger partial charge in [0, 0.05) is 0 Å². The minimum Gasteiger partial charge on any atom is -0.0622 e. The summed E-state index contributed by atoms with van der Waals surface area (Å²) < 4.78 is 0. The Kier molecular flexibility index (Phi) is 5.95. The fourth-order valence-corrected chi connectivity index (χ4v) is 5.57. The summed E-state index contributed by atoms with van der Waals surface area (Å²) in [5.74, 6) is 0. The molecular weight excluding hydrogens is 384 g/mol. The number of benzene rings is 4. The fraction of sp³-hybridized carbons (Fsp3) is 0.250. The van der Waals surface area contributed by atoms with Gasteiger partial charge in [-0.1, -0.05) is 98.8 Å². The zero-order valence-corrected chi connectivity index (χ0v) is 19.3. The van der Waals surface area contributed by atoms with E-state index in [2.05, 4.69) is 98.8 Å². The standard InChI is InChI=1S/C32H32/c1-3-27-29(23-13-7-5-8-14-23)21-19-25-17-11-12-18-26-20-22-30(24-15-9-6-10-16-24)28(4-2)32(26)31(25)27/h5-10,13-16,19-22H,3-4,11-12,17-18H2,1-2H3. The van der Waals surface area contributed by atoms with Gasteiger partial charge in [0.25, 0.3) is 0 Å². The minimum absolute atomic E-state index is 1.05. The summed E-state index contributed by atoms with van der Waals surface area (Å²) in [5, 5.41) is 0. The van der Waals surface area contributed by atoms with Crippen molar-refractivity contribution in [3.63, 3.8) is 0 Å². The van der Waals surface area contributed by atoms with E-state index in [0.29, 0.717) is 0 Å². The summed E-state index contributed by atoms with van der Waals surface area (Å²) in [6, 6.07) is 31.5. The van der Waals surface area contributed by atoms with Crippen molar-refractivity contribution in [2.45, 2.75) is 52.4 Å². The average molecular weight is 417 g/mol. The van der Waals surface area contributed by atoms with E-state index in [1.54, 1.807) is 0 Å². The lowest BCUT2D eigenvalue weighted by Crippen LogP contribution is -2.08. The van der Waals surface area contributed by atoms with E-state index in [1.165, 1.54) is 81.3 Å². The van der Waals surface area contributed by atoms with E-state index < -0.39 is 0 Å². The van der Waals surface area contributed by atoms with E-state index >= 15 is 0 Å². The van der Waals surface area contributed by atoms with Crippen LogP contribution in [0.25, 0.3) is 33.4 Å². The summed E-state index contributed by atoms with van der Waals surface area (Å²) in [5.41, 5.74) is 14.6. The van der Waals surface area contributed by atoms with Crippen LogP contribution in [0.15, 0.2) is 84.9 Å². The van der Waals surface area contributed by atoms with Crippen molar-refractivity contribution in [3.05, 3.63) is 107 Å². The molecule has 1 aliphatic carbocycles. The third kappa shape index (κ3) is 3.69. The van der Waals surface area contributed by atoms with Crippen molar-refractivity contribution < 1.29 is 0 Å². The summed E-state index contributed by atoms with van der Waals surface area (Å²) in [4.78, 5) is 0. The Labute approximate surface area is 193 Å². The second kappa shape index (κ2) is 9.17. The Morgan fingerprint density at radius 1 is 0.500 bits per heavy atom. The monoisotopic (exact) mass is 416 g/mol. The molecular formula is C32H32. The van der Waals surface area contributed by atoms with Gasteiger partial charge in [0.05, 0.1) is 0 Å².